The van der Waals surface area contributed by atoms with Gasteiger partial charge >= 0.3 is 0 Å². The zero-order chi connectivity index (χ0) is 15.4. The van der Waals surface area contributed by atoms with Gasteiger partial charge in [0.15, 0.2) is 0 Å². The van der Waals surface area contributed by atoms with Gasteiger partial charge < -0.3 is 10.6 Å². The second-order valence-electron chi connectivity index (χ2n) is 6.16. The molecule has 0 aliphatic carbocycles. The summed E-state index contributed by atoms with van der Waals surface area (Å²) < 4.78 is 0. The van der Waals surface area contributed by atoms with Crippen molar-refractivity contribution in [1.29, 1.82) is 0 Å². The molecule has 1 fully saturated rings. The minimum atomic E-state index is 0.863. The summed E-state index contributed by atoms with van der Waals surface area (Å²) in [5.41, 5.74) is 10.7. The molecule has 0 bridgehead atoms. The predicted octanol–water partition coefficient (Wildman–Crippen LogP) is 2.94. The molecule has 0 unspecified atom stereocenters. The highest BCUT2D eigenvalue weighted by molar-refractivity contribution is 5.48. The van der Waals surface area contributed by atoms with Crippen molar-refractivity contribution in [2.24, 2.45) is 0 Å². The van der Waals surface area contributed by atoms with E-state index in [1.54, 1.807) is 0 Å². The van der Waals surface area contributed by atoms with Crippen molar-refractivity contribution in [2.75, 3.05) is 43.4 Å². The lowest BCUT2D eigenvalue weighted by atomic mass is 10.1. The van der Waals surface area contributed by atoms with Crippen LogP contribution in [0.5, 0.6) is 0 Å². The first-order valence-electron chi connectivity index (χ1n) is 8.09. The lowest BCUT2D eigenvalue weighted by Crippen LogP contribution is -2.47. The molecule has 22 heavy (non-hydrogen) atoms. The topological polar surface area (TPSA) is 32.5 Å². The van der Waals surface area contributed by atoms with Crippen LogP contribution in [0, 0.1) is 6.92 Å². The molecule has 1 aliphatic heterocycles. The summed E-state index contributed by atoms with van der Waals surface area (Å²) in [5, 5.41) is 0. The van der Waals surface area contributed by atoms with Crippen LogP contribution in [0.2, 0.25) is 0 Å². The molecule has 2 aromatic rings. The smallest absolute Gasteiger partial charge is 0.0369 e. The summed E-state index contributed by atoms with van der Waals surface area (Å²) in [7, 11) is 0. The quantitative estimate of drug-likeness (QED) is 0.880. The highest BCUT2D eigenvalue weighted by atomic mass is 15.3. The minimum absolute atomic E-state index is 0.863. The van der Waals surface area contributed by atoms with Crippen molar-refractivity contribution in [3.05, 3.63) is 59.7 Å². The molecule has 0 saturated carbocycles. The number of benzene rings is 2. The molecule has 3 rings (SSSR count). The van der Waals surface area contributed by atoms with Crippen molar-refractivity contribution in [1.82, 2.24) is 4.90 Å². The van der Waals surface area contributed by atoms with Crippen molar-refractivity contribution in [3.63, 3.8) is 0 Å². The molecule has 0 atom stereocenters. The molecule has 1 saturated heterocycles. The summed E-state index contributed by atoms with van der Waals surface area (Å²) in [6.07, 6.45) is 1.08. The molecule has 3 nitrogen and oxygen atoms in total. The highest BCUT2D eigenvalue weighted by Crippen LogP contribution is 2.18. The third kappa shape index (κ3) is 3.80. The monoisotopic (exact) mass is 295 g/mol. The molecule has 1 aliphatic rings. The molecule has 2 aromatic carbocycles. The zero-order valence-electron chi connectivity index (χ0n) is 13.3. The molecular formula is C19H25N3. The molecule has 0 spiro atoms. The maximum Gasteiger partial charge on any atom is 0.0369 e. The molecular weight excluding hydrogens is 270 g/mol. The van der Waals surface area contributed by atoms with Crippen LogP contribution in [0.1, 0.15) is 11.1 Å². The van der Waals surface area contributed by atoms with Gasteiger partial charge in [-0.1, -0.05) is 24.3 Å². The second-order valence-corrected chi connectivity index (χ2v) is 6.16. The van der Waals surface area contributed by atoms with E-state index >= 15 is 0 Å². The zero-order valence-corrected chi connectivity index (χ0v) is 13.3. The van der Waals surface area contributed by atoms with Crippen LogP contribution < -0.4 is 10.6 Å². The van der Waals surface area contributed by atoms with Gasteiger partial charge in [0.05, 0.1) is 0 Å². The number of nitrogens with zero attached hydrogens (tertiary/aromatic N) is 2. The van der Waals surface area contributed by atoms with Crippen LogP contribution >= 0.6 is 0 Å². The van der Waals surface area contributed by atoms with Crippen LogP contribution in [0.15, 0.2) is 48.5 Å². The van der Waals surface area contributed by atoms with E-state index in [0.717, 1.165) is 44.8 Å². The van der Waals surface area contributed by atoms with E-state index in [1.807, 2.05) is 12.1 Å². The Labute approximate surface area is 133 Å². The number of nitrogens with two attached hydrogens (primary N) is 1. The van der Waals surface area contributed by atoms with E-state index in [4.69, 9.17) is 5.73 Å². The van der Waals surface area contributed by atoms with Crippen molar-refractivity contribution in [3.8, 4) is 0 Å². The summed E-state index contributed by atoms with van der Waals surface area (Å²) in [6, 6.07) is 17.0. The van der Waals surface area contributed by atoms with Gasteiger partial charge in [-0.05, 0) is 48.7 Å². The van der Waals surface area contributed by atoms with Crippen molar-refractivity contribution in [2.45, 2.75) is 13.3 Å². The number of anilines is 2. The Morgan fingerprint density at radius 1 is 0.955 bits per heavy atom. The molecule has 0 aromatic heterocycles. The van der Waals surface area contributed by atoms with Crippen LogP contribution in [-0.4, -0.2) is 37.6 Å². The second kappa shape index (κ2) is 6.84. The summed E-state index contributed by atoms with van der Waals surface area (Å²) in [5.74, 6) is 0. The van der Waals surface area contributed by atoms with E-state index in [2.05, 4.69) is 53.1 Å². The van der Waals surface area contributed by atoms with Crippen molar-refractivity contribution >= 4 is 11.4 Å². The Kier molecular flexibility index (Phi) is 4.64. The lowest BCUT2D eigenvalue weighted by molar-refractivity contribution is 0.261. The van der Waals surface area contributed by atoms with Crippen LogP contribution in [0.4, 0.5) is 11.4 Å². The van der Waals surface area contributed by atoms with E-state index < -0.39 is 0 Å². The lowest BCUT2D eigenvalue weighted by Gasteiger charge is -2.36. The van der Waals surface area contributed by atoms with Crippen LogP contribution in [-0.2, 0) is 6.42 Å². The third-order valence-electron chi connectivity index (χ3n) is 4.41. The van der Waals surface area contributed by atoms with E-state index in [0.29, 0.717) is 0 Å². The Balaban J connectivity index is 1.49. The molecule has 0 amide bonds. The Bertz CT molecular complexity index is 616. The number of rotatable bonds is 4. The fraction of sp³-hybridized carbons (Fsp3) is 0.368. The number of aryl methyl sites for hydroxylation is 1. The standard InChI is InChI=1S/C19H25N3/c1-16-4-2-7-19(14-16)22-12-10-21(11-13-22)9-8-17-5-3-6-18(20)15-17/h2-7,14-15H,8-13,20H2,1H3. The largest absolute Gasteiger partial charge is 0.399 e. The maximum atomic E-state index is 5.84. The number of hydrogen-bond acceptors (Lipinski definition) is 3. The predicted molar refractivity (Wildman–Crippen MR) is 94.4 cm³/mol. The Morgan fingerprint density at radius 2 is 1.73 bits per heavy atom. The SMILES string of the molecule is Cc1cccc(N2CCN(CCc3cccc(N)c3)CC2)c1. The van der Waals surface area contributed by atoms with Gasteiger partial charge in [0.1, 0.15) is 0 Å². The van der Waals surface area contributed by atoms with Gasteiger partial charge in [-0.2, -0.15) is 0 Å². The summed E-state index contributed by atoms with van der Waals surface area (Å²) in [6.45, 7) is 7.77. The van der Waals surface area contributed by atoms with E-state index in [1.165, 1.54) is 16.8 Å². The average molecular weight is 295 g/mol. The molecule has 1 heterocycles. The first-order valence-corrected chi connectivity index (χ1v) is 8.09. The van der Waals surface area contributed by atoms with Crippen LogP contribution in [0.25, 0.3) is 0 Å². The van der Waals surface area contributed by atoms with Gasteiger partial charge in [-0.3, -0.25) is 4.90 Å². The molecule has 0 radical (unpaired) electrons. The first kappa shape index (κ1) is 14.9. The number of piperazine rings is 1. The van der Waals surface area contributed by atoms with Gasteiger partial charge in [0, 0.05) is 44.1 Å². The van der Waals surface area contributed by atoms with E-state index in [-0.39, 0.29) is 0 Å². The maximum absolute atomic E-state index is 5.84. The normalized spacial score (nSPS) is 16.0. The molecule has 116 valence electrons. The third-order valence-corrected chi connectivity index (χ3v) is 4.41. The molecule has 3 heteroatoms. The number of nitrogen functional groups attached to an aromatic ring is 1. The number of hydrogen-bond donors (Lipinski definition) is 1. The first-order chi connectivity index (χ1) is 10.7. The van der Waals surface area contributed by atoms with Crippen LogP contribution in [0.3, 0.4) is 0 Å². The van der Waals surface area contributed by atoms with Gasteiger partial charge in [-0.25, -0.2) is 0 Å². The highest BCUT2D eigenvalue weighted by Gasteiger charge is 2.16. The van der Waals surface area contributed by atoms with E-state index in [9.17, 15) is 0 Å². The minimum Gasteiger partial charge on any atom is -0.399 e. The summed E-state index contributed by atoms with van der Waals surface area (Å²) >= 11 is 0. The van der Waals surface area contributed by atoms with Crippen molar-refractivity contribution < 1.29 is 0 Å². The fourth-order valence-electron chi connectivity index (χ4n) is 3.09. The van der Waals surface area contributed by atoms with Gasteiger partial charge in [0.2, 0.25) is 0 Å². The van der Waals surface area contributed by atoms with Gasteiger partial charge in [0.25, 0.3) is 0 Å². The molecule has 2 N–H and O–H groups in total. The summed E-state index contributed by atoms with van der Waals surface area (Å²) in [4.78, 5) is 5.04. The fourth-order valence-corrected chi connectivity index (χ4v) is 3.09. The average Bonchev–Trinajstić information content (AvgIpc) is 2.54. The Hall–Kier alpha value is -2.00. The Morgan fingerprint density at radius 3 is 2.45 bits per heavy atom. The van der Waals surface area contributed by atoms with Gasteiger partial charge in [-0.15, -0.1) is 0 Å².